The molecule has 29 nitrogen and oxygen atoms in total. The van der Waals surface area contributed by atoms with Gasteiger partial charge in [-0.2, -0.15) is 0 Å². The van der Waals surface area contributed by atoms with E-state index in [0.29, 0.717) is 34.2 Å². The van der Waals surface area contributed by atoms with Crippen LogP contribution in [-0.2, 0) is 76.9 Å². The number of hydrogen-bond acceptors (Lipinski definition) is 15. The minimum atomic E-state index is -1.55. The summed E-state index contributed by atoms with van der Waals surface area (Å²) < 4.78 is 0. The van der Waals surface area contributed by atoms with Gasteiger partial charge in [0.15, 0.2) is 0 Å². The number of aliphatic carboxylic acids is 1. The summed E-state index contributed by atoms with van der Waals surface area (Å²) in [7, 11) is 0. The molecule has 6 aromatic rings. The molecule has 370 valence electrons. The largest absolute Gasteiger partial charge is 0.480 e. The predicted molar refractivity (Wildman–Crippen MR) is 239 cm³/mol. The molecular formula is C41H52N20O9. The Balaban J connectivity index is 1.23. The Kier molecular flexibility index (Phi) is 17.8. The highest BCUT2D eigenvalue weighted by Crippen LogP contribution is 2.10. The van der Waals surface area contributed by atoms with E-state index in [1.807, 2.05) is 0 Å². The summed E-state index contributed by atoms with van der Waals surface area (Å²) in [5, 5.41) is 25.3. The van der Waals surface area contributed by atoms with Crippen LogP contribution in [-0.4, -0.2) is 155 Å². The molecule has 70 heavy (non-hydrogen) atoms. The average Bonchev–Trinajstić information content (AvgIpc) is 4.18. The average molecular weight is 969 g/mol. The van der Waals surface area contributed by atoms with Crippen molar-refractivity contribution in [3.05, 3.63) is 109 Å². The first-order chi connectivity index (χ1) is 33.7. The number of imidazole rings is 6. The molecule has 0 saturated heterocycles. The zero-order chi connectivity index (χ0) is 50.0. The maximum atomic E-state index is 14.5. The summed E-state index contributed by atoms with van der Waals surface area (Å²) in [6.45, 7) is 0. The summed E-state index contributed by atoms with van der Waals surface area (Å²) in [5.41, 5.74) is 13.6. The van der Waals surface area contributed by atoms with Crippen molar-refractivity contribution in [3.63, 3.8) is 0 Å². The molecule has 29 heteroatoms. The molecule has 17 N–H and O–H groups in total. The molecule has 0 aromatic carbocycles. The van der Waals surface area contributed by atoms with Gasteiger partial charge in [0.25, 0.3) is 0 Å². The number of carbonyl (C=O) groups excluding carboxylic acids is 7. The normalized spacial score (nSPS) is 14.1. The Labute approximate surface area is 396 Å². The van der Waals surface area contributed by atoms with Crippen molar-refractivity contribution in [2.75, 3.05) is 0 Å². The maximum Gasteiger partial charge on any atom is 0.326 e. The first kappa shape index (κ1) is 50.4. The fraction of sp³-hybridized carbons (Fsp3) is 0.366. The summed E-state index contributed by atoms with van der Waals surface area (Å²) >= 11 is 0. The van der Waals surface area contributed by atoms with Crippen LogP contribution in [0, 0.1) is 0 Å². The van der Waals surface area contributed by atoms with Crippen LogP contribution in [0.1, 0.15) is 47.0 Å². The third-order valence-corrected chi connectivity index (χ3v) is 10.6. The zero-order valence-corrected chi connectivity index (χ0v) is 37.2. The topological polar surface area (TPSA) is 453 Å². The number of nitrogens with zero attached hydrogens (tertiary/aromatic N) is 6. The van der Waals surface area contributed by atoms with Crippen molar-refractivity contribution in [2.24, 2.45) is 11.5 Å². The third-order valence-electron chi connectivity index (χ3n) is 10.6. The van der Waals surface area contributed by atoms with E-state index in [9.17, 15) is 43.5 Å². The predicted octanol–water partition coefficient (Wildman–Crippen LogP) is -4.63. The van der Waals surface area contributed by atoms with E-state index in [2.05, 4.69) is 91.7 Å². The Morgan fingerprint density at radius 3 is 0.886 bits per heavy atom. The van der Waals surface area contributed by atoms with Gasteiger partial charge in [0.2, 0.25) is 41.4 Å². The number of carboxylic acids is 1. The lowest BCUT2D eigenvalue weighted by atomic mass is 10.0. The number of nitrogens with one attached hydrogen (secondary N) is 12. The van der Waals surface area contributed by atoms with Crippen molar-refractivity contribution in [1.29, 1.82) is 0 Å². The third kappa shape index (κ3) is 15.3. The first-order valence-electron chi connectivity index (χ1n) is 21.7. The highest BCUT2D eigenvalue weighted by molar-refractivity contribution is 5.97. The summed E-state index contributed by atoms with van der Waals surface area (Å²) in [5.74, 6) is -7.39. The number of hydrogen-bond donors (Lipinski definition) is 15. The molecule has 7 amide bonds. The van der Waals surface area contributed by atoms with Crippen LogP contribution in [0.25, 0.3) is 0 Å². The van der Waals surface area contributed by atoms with Gasteiger partial charge in [-0.3, -0.25) is 33.6 Å². The van der Waals surface area contributed by atoms with Gasteiger partial charge in [-0.15, -0.1) is 0 Å². The second-order valence-electron chi connectivity index (χ2n) is 15.9. The molecule has 6 heterocycles. The van der Waals surface area contributed by atoms with E-state index in [-0.39, 0.29) is 51.4 Å². The standard InChI is InChI=1S/C41H52N20O9/c42-27(3-21-9-44-15-50-21)35(63)57-29(4-22-10-45-16-51-22)37(65)59-31(6-24-12-47-18-53-24)39(67)61-33(8-26-14-49-20-55-26)40(68)60-32(7-25-13-48-19-54-25)38(66)58-30(5-23-11-46-17-52-23)36(64)56-28(41(69)70)1-2-34(43)62/h9-20,27-33H,1-8,42H2,(H2,43,62)(H,44,50)(H,45,51)(H,46,52)(H,47,53)(H,48,54)(H,49,55)(H,56,64)(H,57,63)(H,58,66)(H,59,65)(H,60,68)(H,61,67)(H,69,70)/t27-,28-,29-,30-,31-,32-,33-/m0/s1. The molecule has 0 aliphatic carbocycles. The maximum absolute atomic E-state index is 14.5. The lowest BCUT2D eigenvalue weighted by Crippen LogP contribution is -2.61. The summed E-state index contributed by atoms with van der Waals surface area (Å²) in [6.07, 6.45) is 15.5. The van der Waals surface area contributed by atoms with Gasteiger partial charge >= 0.3 is 5.97 Å². The lowest BCUT2D eigenvalue weighted by Gasteiger charge is -2.27. The van der Waals surface area contributed by atoms with E-state index in [0.717, 1.165) is 0 Å². The van der Waals surface area contributed by atoms with Gasteiger partial charge < -0.3 is 78.4 Å². The molecular weight excluding hydrogens is 917 g/mol. The SMILES string of the molecule is NC(=O)CC[C@H](NC(=O)[C@H](Cc1c[nH]cn1)NC(=O)[C@H](Cc1c[nH]cn1)NC(=O)[C@H](Cc1c[nH]cn1)NC(=O)[C@H](Cc1c[nH]cn1)NC(=O)[C@H](Cc1c[nH]cn1)NC(=O)[C@@H](N)Cc1c[nH]cn1)C(=O)O. The Morgan fingerprint density at radius 2 is 0.657 bits per heavy atom. The number of primary amides is 1. The van der Waals surface area contributed by atoms with Crippen molar-refractivity contribution >= 4 is 47.3 Å². The number of aromatic nitrogens is 12. The lowest BCUT2D eigenvalue weighted by molar-refractivity contribution is -0.142. The van der Waals surface area contributed by atoms with Gasteiger partial charge in [-0.25, -0.2) is 34.7 Å². The quantitative estimate of drug-likeness (QED) is 0.0220. The molecule has 7 atom stereocenters. The van der Waals surface area contributed by atoms with E-state index in [1.165, 1.54) is 68.9 Å². The molecule has 0 aliphatic rings. The van der Waals surface area contributed by atoms with Crippen LogP contribution >= 0.6 is 0 Å². The number of rotatable bonds is 28. The smallest absolute Gasteiger partial charge is 0.326 e. The monoisotopic (exact) mass is 968 g/mol. The van der Waals surface area contributed by atoms with Crippen LogP contribution < -0.4 is 43.4 Å². The summed E-state index contributed by atoms with van der Waals surface area (Å²) in [4.78, 5) is 149. The number of carbonyl (C=O) groups is 8. The molecule has 6 rings (SSSR count). The molecule has 0 fully saturated rings. The number of H-pyrrole nitrogens is 6. The summed E-state index contributed by atoms with van der Waals surface area (Å²) in [6, 6.07) is -9.82. The van der Waals surface area contributed by atoms with Crippen molar-refractivity contribution in [3.8, 4) is 0 Å². The minimum absolute atomic E-state index is 0.0494. The van der Waals surface area contributed by atoms with Gasteiger partial charge in [0.05, 0.1) is 78.2 Å². The van der Waals surface area contributed by atoms with E-state index in [4.69, 9.17) is 11.5 Å². The van der Waals surface area contributed by atoms with Crippen LogP contribution in [0.4, 0.5) is 0 Å². The van der Waals surface area contributed by atoms with Gasteiger partial charge in [-0.05, 0) is 6.42 Å². The van der Waals surface area contributed by atoms with Crippen LogP contribution in [0.3, 0.4) is 0 Å². The zero-order valence-electron chi connectivity index (χ0n) is 37.2. The van der Waals surface area contributed by atoms with Crippen molar-refractivity contribution in [1.82, 2.24) is 91.7 Å². The van der Waals surface area contributed by atoms with E-state index >= 15 is 0 Å². The molecule has 0 radical (unpaired) electrons. The number of nitrogens with two attached hydrogens (primary N) is 2. The second kappa shape index (κ2) is 24.7. The number of carboxylic acid groups (broad SMARTS) is 1. The van der Waals surface area contributed by atoms with Gasteiger partial charge in [0.1, 0.15) is 36.3 Å². The van der Waals surface area contributed by atoms with Gasteiger partial charge in [0, 0.05) is 82.1 Å². The second-order valence-corrected chi connectivity index (χ2v) is 15.9. The molecule has 0 aliphatic heterocycles. The molecule has 0 unspecified atom stereocenters. The Bertz CT molecular complexity index is 2600. The van der Waals surface area contributed by atoms with Gasteiger partial charge in [-0.1, -0.05) is 0 Å². The molecule has 0 spiro atoms. The number of aromatic amines is 6. The van der Waals surface area contributed by atoms with Crippen molar-refractivity contribution in [2.45, 2.75) is 93.7 Å². The molecule has 0 saturated carbocycles. The van der Waals surface area contributed by atoms with E-state index < -0.39 is 89.6 Å². The fourth-order valence-corrected chi connectivity index (χ4v) is 7.01. The Hall–Kier alpha value is -9.02. The van der Waals surface area contributed by atoms with E-state index in [1.54, 1.807) is 6.20 Å². The van der Waals surface area contributed by atoms with Crippen LogP contribution in [0.5, 0.6) is 0 Å². The van der Waals surface area contributed by atoms with Crippen molar-refractivity contribution < 1.29 is 43.5 Å². The minimum Gasteiger partial charge on any atom is -0.480 e. The number of amides is 7. The Morgan fingerprint density at radius 1 is 0.414 bits per heavy atom. The molecule has 6 aromatic heterocycles. The highest BCUT2D eigenvalue weighted by Gasteiger charge is 2.35. The van der Waals surface area contributed by atoms with Crippen LogP contribution in [0.15, 0.2) is 75.1 Å². The molecule has 0 bridgehead atoms. The highest BCUT2D eigenvalue weighted by atomic mass is 16.4. The fourth-order valence-electron chi connectivity index (χ4n) is 7.01. The van der Waals surface area contributed by atoms with Crippen LogP contribution in [0.2, 0.25) is 0 Å². The first-order valence-corrected chi connectivity index (χ1v) is 21.7.